The van der Waals surface area contributed by atoms with Gasteiger partial charge in [-0.15, -0.1) is 0 Å². The lowest BCUT2D eigenvalue weighted by molar-refractivity contribution is 0.0692. The van der Waals surface area contributed by atoms with Crippen molar-refractivity contribution in [3.63, 3.8) is 0 Å². The molecule has 0 heterocycles. The highest BCUT2D eigenvalue weighted by Crippen LogP contribution is 2.24. The van der Waals surface area contributed by atoms with E-state index in [4.69, 9.17) is 10.2 Å². The van der Waals surface area contributed by atoms with Gasteiger partial charge in [0.1, 0.15) is 0 Å². The van der Waals surface area contributed by atoms with Gasteiger partial charge in [0.2, 0.25) is 10.0 Å². The molecule has 19 heavy (non-hydrogen) atoms. The zero-order valence-electron chi connectivity index (χ0n) is 9.78. The van der Waals surface area contributed by atoms with Crippen LogP contribution in [0.3, 0.4) is 0 Å². The number of aromatic carboxylic acids is 1. The zero-order chi connectivity index (χ0) is 14.0. The molecule has 0 spiro atoms. The van der Waals surface area contributed by atoms with E-state index in [-0.39, 0.29) is 10.5 Å². The molecule has 0 radical (unpaired) electrons. The van der Waals surface area contributed by atoms with E-state index >= 15 is 0 Å². The zero-order valence-corrected chi connectivity index (χ0v) is 10.6. The minimum atomic E-state index is -4.06. The predicted octanol–water partition coefficient (Wildman–Crippen LogP) is 1.70. The van der Waals surface area contributed by atoms with E-state index in [0.717, 1.165) is 5.56 Å². The van der Waals surface area contributed by atoms with Crippen LogP contribution < -0.4 is 5.14 Å². The minimum absolute atomic E-state index is 0.330. The molecular weight excluding hydrogens is 266 g/mol. The van der Waals surface area contributed by atoms with E-state index < -0.39 is 16.0 Å². The molecule has 3 N–H and O–H groups in total. The lowest BCUT2D eigenvalue weighted by atomic mass is 10.0. The highest BCUT2D eigenvalue weighted by Gasteiger charge is 2.19. The van der Waals surface area contributed by atoms with Crippen LogP contribution >= 0.6 is 0 Å². The predicted molar refractivity (Wildman–Crippen MR) is 70.2 cm³/mol. The molecule has 98 valence electrons. The van der Waals surface area contributed by atoms with Crippen molar-refractivity contribution < 1.29 is 18.3 Å². The largest absolute Gasteiger partial charge is 0.478 e. The van der Waals surface area contributed by atoms with Crippen LogP contribution in [0.25, 0.3) is 11.1 Å². The van der Waals surface area contributed by atoms with Gasteiger partial charge in [-0.1, -0.05) is 36.4 Å². The monoisotopic (exact) mass is 277 g/mol. The van der Waals surface area contributed by atoms with E-state index in [1.54, 1.807) is 12.1 Å². The summed E-state index contributed by atoms with van der Waals surface area (Å²) in [4.78, 5) is 10.7. The molecular formula is C13H11NO4S. The molecule has 0 saturated carbocycles. The maximum atomic E-state index is 11.3. The molecule has 0 aliphatic heterocycles. The van der Waals surface area contributed by atoms with Gasteiger partial charge in [0, 0.05) is 0 Å². The Labute approximate surface area is 110 Å². The Hall–Kier alpha value is -2.18. The molecule has 5 nitrogen and oxygen atoms in total. The Bertz CT molecular complexity index is 724. The summed E-state index contributed by atoms with van der Waals surface area (Å²) in [5.41, 5.74) is 1.08. The standard InChI is InChI=1S/C13H11NO4S/c14-19(17,18)12-7-6-10(8-11(12)13(15)16)9-4-2-1-3-5-9/h1-8H,(H,15,16)(H2,14,17,18). The van der Waals surface area contributed by atoms with E-state index in [2.05, 4.69) is 0 Å². The first kappa shape index (κ1) is 13.3. The molecule has 0 amide bonds. The smallest absolute Gasteiger partial charge is 0.337 e. The first-order valence-corrected chi connectivity index (χ1v) is 6.90. The van der Waals surface area contributed by atoms with Crippen LogP contribution in [-0.2, 0) is 10.0 Å². The molecule has 0 saturated heterocycles. The molecule has 2 aromatic rings. The lowest BCUT2D eigenvalue weighted by Crippen LogP contribution is -2.16. The number of hydrogen-bond donors (Lipinski definition) is 2. The van der Waals surface area contributed by atoms with Crippen molar-refractivity contribution in [2.75, 3.05) is 0 Å². The highest BCUT2D eigenvalue weighted by molar-refractivity contribution is 7.89. The summed E-state index contributed by atoms with van der Waals surface area (Å²) in [5.74, 6) is -1.33. The molecule has 6 heteroatoms. The number of benzene rings is 2. The van der Waals surface area contributed by atoms with Crippen LogP contribution in [0.5, 0.6) is 0 Å². The van der Waals surface area contributed by atoms with Crippen molar-refractivity contribution in [1.82, 2.24) is 0 Å². The second-order valence-corrected chi connectivity index (χ2v) is 5.46. The van der Waals surface area contributed by atoms with Crippen LogP contribution in [0.2, 0.25) is 0 Å². The van der Waals surface area contributed by atoms with Crippen molar-refractivity contribution in [2.45, 2.75) is 4.90 Å². The first-order chi connectivity index (χ1) is 8.89. The van der Waals surface area contributed by atoms with E-state index in [1.165, 1.54) is 18.2 Å². The molecule has 0 atom stereocenters. The fourth-order valence-electron chi connectivity index (χ4n) is 1.76. The van der Waals surface area contributed by atoms with E-state index in [0.29, 0.717) is 5.56 Å². The maximum absolute atomic E-state index is 11.3. The molecule has 0 aliphatic rings. The van der Waals surface area contributed by atoms with Crippen LogP contribution in [0.4, 0.5) is 0 Å². The fraction of sp³-hybridized carbons (Fsp3) is 0. The van der Waals surface area contributed by atoms with Gasteiger partial charge < -0.3 is 5.11 Å². The normalized spacial score (nSPS) is 11.2. The third-order valence-electron chi connectivity index (χ3n) is 2.62. The van der Waals surface area contributed by atoms with Crippen molar-refractivity contribution in [3.05, 3.63) is 54.1 Å². The Morgan fingerprint density at radius 2 is 1.63 bits per heavy atom. The van der Waals surface area contributed by atoms with Crippen molar-refractivity contribution >= 4 is 16.0 Å². The highest BCUT2D eigenvalue weighted by atomic mass is 32.2. The van der Waals surface area contributed by atoms with Gasteiger partial charge in [0.15, 0.2) is 0 Å². The molecule has 0 aliphatic carbocycles. The third kappa shape index (κ3) is 2.81. The van der Waals surface area contributed by atoms with Crippen molar-refractivity contribution in [3.8, 4) is 11.1 Å². The SMILES string of the molecule is NS(=O)(=O)c1ccc(-c2ccccc2)cc1C(=O)O. The summed E-state index contributed by atoms with van der Waals surface area (Å²) in [6.07, 6.45) is 0. The fourth-order valence-corrected chi connectivity index (χ4v) is 2.47. The second kappa shape index (κ2) is 4.83. The summed E-state index contributed by atoms with van der Waals surface area (Å²) < 4.78 is 22.6. The van der Waals surface area contributed by atoms with Crippen molar-refractivity contribution in [2.24, 2.45) is 5.14 Å². The minimum Gasteiger partial charge on any atom is -0.478 e. The number of hydrogen-bond acceptors (Lipinski definition) is 3. The number of nitrogens with two attached hydrogens (primary N) is 1. The number of carbonyl (C=O) groups is 1. The van der Waals surface area contributed by atoms with Gasteiger partial charge in [0.05, 0.1) is 10.5 Å². The topological polar surface area (TPSA) is 97.5 Å². The molecule has 0 unspecified atom stereocenters. The third-order valence-corrected chi connectivity index (χ3v) is 3.59. The van der Waals surface area contributed by atoms with Gasteiger partial charge >= 0.3 is 5.97 Å². The number of carboxylic acids is 1. The molecule has 2 rings (SSSR count). The average molecular weight is 277 g/mol. The van der Waals surface area contributed by atoms with E-state index in [1.807, 2.05) is 18.2 Å². The summed E-state index contributed by atoms with van der Waals surface area (Å²) in [6, 6.07) is 13.1. The van der Waals surface area contributed by atoms with Gasteiger partial charge in [-0.25, -0.2) is 18.4 Å². The number of primary sulfonamides is 1. The lowest BCUT2D eigenvalue weighted by Gasteiger charge is -2.07. The van der Waals surface area contributed by atoms with Crippen LogP contribution in [-0.4, -0.2) is 19.5 Å². The first-order valence-electron chi connectivity index (χ1n) is 5.35. The Morgan fingerprint density at radius 3 is 2.16 bits per heavy atom. The molecule has 0 aromatic heterocycles. The quantitative estimate of drug-likeness (QED) is 0.892. The Morgan fingerprint density at radius 1 is 1.00 bits per heavy atom. The molecule has 2 aromatic carbocycles. The second-order valence-electron chi connectivity index (χ2n) is 3.93. The Kier molecular flexibility index (Phi) is 3.37. The Balaban J connectivity index is 2.65. The van der Waals surface area contributed by atoms with Crippen LogP contribution in [0.1, 0.15) is 10.4 Å². The van der Waals surface area contributed by atoms with Gasteiger partial charge in [-0.3, -0.25) is 0 Å². The summed E-state index contributed by atoms with van der Waals surface area (Å²) in [6.45, 7) is 0. The van der Waals surface area contributed by atoms with Crippen molar-refractivity contribution in [1.29, 1.82) is 0 Å². The van der Waals surface area contributed by atoms with Crippen LogP contribution in [0, 0.1) is 0 Å². The van der Waals surface area contributed by atoms with Crippen LogP contribution in [0.15, 0.2) is 53.4 Å². The summed E-state index contributed by atoms with van der Waals surface area (Å²) >= 11 is 0. The number of sulfonamides is 1. The number of carboxylic acid groups (broad SMARTS) is 1. The van der Waals surface area contributed by atoms with E-state index in [9.17, 15) is 13.2 Å². The molecule has 0 fully saturated rings. The number of rotatable bonds is 3. The molecule has 0 bridgehead atoms. The van der Waals surface area contributed by atoms with Gasteiger partial charge in [-0.05, 0) is 23.3 Å². The summed E-state index contributed by atoms with van der Waals surface area (Å²) in [5, 5.41) is 14.1. The van der Waals surface area contributed by atoms with Gasteiger partial charge in [0.25, 0.3) is 0 Å². The summed E-state index contributed by atoms with van der Waals surface area (Å²) in [7, 11) is -4.06. The maximum Gasteiger partial charge on any atom is 0.337 e. The average Bonchev–Trinajstić information content (AvgIpc) is 2.38. The van der Waals surface area contributed by atoms with Gasteiger partial charge in [-0.2, -0.15) is 0 Å².